The first-order valence-corrected chi connectivity index (χ1v) is 8.36. The first-order chi connectivity index (χ1) is 8.62. The van der Waals surface area contributed by atoms with Gasteiger partial charge in [-0.15, -0.1) is 11.3 Å². The number of hydrogen-bond donors (Lipinski definition) is 2. The van der Waals surface area contributed by atoms with E-state index in [1.807, 2.05) is 12.3 Å². The topological polar surface area (TPSA) is 67.4 Å². The van der Waals surface area contributed by atoms with Crippen molar-refractivity contribution in [3.8, 4) is 0 Å². The monoisotopic (exact) mass is 290 g/mol. The van der Waals surface area contributed by atoms with Gasteiger partial charge in [0.05, 0.1) is 6.61 Å². The minimum atomic E-state index is -3.39. The molecule has 0 amide bonds. The molecule has 18 heavy (non-hydrogen) atoms. The summed E-state index contributed by atoms with van der Waals surface area (Å²) in [5, 5.41) is 5.05. The molecule has 1 aliphatic rings. The molecule has 0 bridgehead atoms. The molecular formula is C11H18N2O3S2. The Bertz CT molecular complexity index is 478. The molecule has 0 radical (unpaired) electrons. The van der Waals surface area contributed by atoms with Gasteiger partial charge in [-0.25, -0.2) is 13.1 Å². The second-order valence-electron chi connectivity index (χ2n) is 4.24. The van der Waals surface area contributed by atoms with Crippen LogP contribution in [0.3, 0.4) is 0 Å². The summed E-state index contributed by atoms with van der Waals surface area (Å²) in [6.45, 7) is 4.69. The molecule has 1 aromatic heterocycles. The highest BCUT2D eigenvalue weighted by atomic mass is 32.2. The van der Waals surface area contributed by atoms with E-state index in [1.165, 1.54) is 11.3 Å². The van der Waals surface area contributed by atoms with Crippen molar-refractivity contribution in [2.45, 2.75) is 30.1 Å². The number of thiophene rings is 1. The quantitative estimate of drug-likeness (QED) is 0.818. The van der Waals surface area contributed by atoms with E-state index in [0.717, 1.165) is 18.5 Å². The maximum absolute atomic E-state index is 12.1. The number of nitrogens with one attached hydrogen (secondary N) is 2. The van der Waals surface area contributed by atoms with Crippen molar-refractivity contribution >= 4 is 21.4 Å². The highest BCUT2D eigenvalue weighted by Crippen LogP contribution is 2.21. The van der Waals surface area contributed by atoms with E-state index in [1.54, 1.807) is 6.07 Å². The van der Waals surface area contributed by atoms with Gasteiger partial charge in [0.25, 0.3) is 0 Å². The van der Waals surface area contributed by atoms with Crippen molar-refractivity contribution < 1.29 is 13.2 Å². The highest BCUT2D eigenvalue weighted by molar-refractivity contribution is 7.91. The molecule has 0 spiro atoms. The van der Waals surface area contributed by atoms with Crippen LogP contribution < -0.4 is 10.0 Å². The number of rotatable bonds is 6. The highest BCUT2D eigenvalue weighted by Gasteiger charge is 2.24. The van der Waals surface area contributed by atoms with E-state index >= 15 is 0 Å². The molecule has 1 aliphatic heterocycles. The van der Waals surface area contributed by atoms with Crippen molar-refractivity contribution in [3.63, 3.8) is 0 Å². The van der Waals surface area contributed by atoms with Gasteiger partial charge in [0.15, 0.2) is 0 Å². The second-order valence-corrected chi connectivity index (χ2v) is 7.09. The Morgan fingerprint density at radius 3 is 3.06 bits per heavy atom. The lowest BCUT2D eigenvalue weighted by molar-refractivity contribution is 0.192. The smallest absolute Gasteiger partial charge is 0.250 e. The third-order valence-electron chi connectivity index (χ3n) is 2.73. The molecule has 1 unspecified atom stereocenters. The van der Waals surface area contributed by atoms with Crippen LogP contribution in [0.1, 0.15) is 18.9 Å². The predicted octanol–water partition coefficient (Wildman–Crippen LogP) is 0.925. The predicted molar refractivity (Wildman–Crippen MR) is 71.2 cm³/mol. The van der Waals surface area contributed by atoms with Crippen molar-refractivity contribution in [1.29, 1.82) is 0 Å². The van der Waals surface area contributed by atoms with E-state index in [0.29, 0.717) is 24.0 Å². The van der Waals surface area contributed by atoms with Gasteiger partial charge in [-0.2, -0.15) is 0 Å². The van der Waals surface area contributed by atoms with Gasteiger partial charge >= 0.3 is 0 Å². The summed E-state index contributed by atoms with van der Waals surface area (Å²) in [6, 6.07) is 1.64. The zero-order valence-corrected chi connectivity index (χ0v) is 11.9. The lowest BCUT2D eigenvalue weighted by atomic mass is 10.3. The van der Waals surface area contributed by atoms with Crippen LogP contribution in [-0.2, 0) is 21.3 Å². The molecule has 1 aromatic rings. The molecule has 2 heterocycles. The summed E-state index contributed by atoms with van der Waals surface area (Å²) in [6.07, 6.45) is 0.745. The zero-order chi connectivity index (χ0) is 13.0. The normalized spacial score (nSPS) is 20.4. The molecule has 2 N–H and O–H groups in total. The van der Waals surface area contributed by atoms with Gasteiger partial charge in [0.1, 0.15) is 4.21 Å². The van der Waals surface area contributed by atoms with Crippen molar-refractivity contribution in [1.82, 2.24) is 10.0 Å². The van der Waals surface area contributed by atoms with Crippen LogP contribution >= 0.6 is 11.3 Å². The third-order valence-corrected chi connectivity index (χ3v) is 5.73. The van der Waals surface area contributed by atoms with Gasteiger partial charge in [-0.3, -0.25) is 0 Å². The van der Waals surface area contributed by atoms with E-state index in [2.05, 4.69) is 10.0 Å². The lowest BCUT2D eigenvalue weighted by Crippen LogP contribution is -2.34. The average Bonchev–Trinajstić information content (AvgIpc) is 2.96. The van der Waals surface area contributed by atoms with Crippen LogP contribution in [0.4, 0.5) is 0 Å². The van der Waals surface area contributed by atoms with E-state index in [4.69, 9.17) is 4.74 Å². The number of hydrogen-bond acceptors (Lipinski definition) is 5. The van der Waals surface area contributed by atoms with Gasteiger partial charge in [-0.1, -0.05) is 6.92 Å². The Labute approximate surface area is 112 Å². The SMILES string of the molecule is CCNCc1csc(S(=O)(=O)NC2CCOC2)c1. The molecule has 0 aliphatic carbocycles. The molecule has 102 valence electrons. The Balaban J connectivity index is 2.02. The second kappa shape index (κ2) is 6.12. The molecule has 0 saturated carbocycles. The maximum atomic E-state index is 12.1. The summed E-state index contributed by atoms with van der Waals surface area (Å²) < 4.78 is 32.4. The van der Waals surface area contributed by atoms with Gasteiger partial charge in [0.2, 0.25) is 10.0 Å². The molecule has 0 aromatic carbocycles. The Morgan fingerprint density at radius 1 is 1.56 bits per heavy atom. The van der Waals surface area contributed by atoms with Gasteiger partial charge in [0, 0.05) is 19.2 Å². The van der Waals surface area contributed by atoms with Crippen LogP contribution in [0.25, 0.3) is 0 Å². The minimum absolute atomic E-state index is 0.0886. The van der Waals surface area contributed by atoms with Crippen LogP contribution in [0.15, 0.2) is 15.7 Å². The fraction of sp³-hybridized carbons (Fsp3) is 0.636. The van der Waals surface area contributed by atoms with E-state index in [-0.39, 0.29) is 6.04 Å². The van der Waals surface area contributed by atoms with Crippen molar-refractivity contribution in [3.05, 3.63) is 17.0 Å². The van der Waals surface area contributed by atoms with Crippen molar-refractivity contribution in [2.75, 3.05) is 19.8 Å². The average molecular weight is 290 g/mol. The van der Waals surface area contributed by atoms with E-state index < -0.39 is 10.0 Å². The largest absolute Gasteiger partial charge is 0.380 e. The number of sulfonamides is 1. The first-order valence-electron chi connectivity index (χ1n) is 6.00. The Hall–Kier alpha value is -0.470. The van der Waals surface area contributed by atoms with Crippen LogP contribution in [0.5, 0.6) is 0 Å². The fourth-order valence-corrected chi connectivity index (χ4v) is 4.24. The van der Waals surface area contributed by atoms with Crippen LogP contribution in [0.2, 0.25) is 0 Å². The summed E-state index contributed by atoms with van der Waals surface area (Å²) in [4.78, 5) is 0. The lowest BCUT2D eigenvalue weighted by Gasteiger charge is -2.09. The number of ether oxygens (including phenoxy) is 1. The standard InChI is InChI=1S/C11H18N2O3S2/c1-2-12-6-9-5-11(17-8-9)18(14,15)13-10-3-4-16-7-10/h5,8,10,12-13H,2-4,6-7H2,1H3. The molecule has 5 nitrogen and oxygen atoms in total. The van der Waals surface area contributed by atoms with Crippen molar-refractivity contribution in [2.24, 2.45) is 0 Å². The summed E-state index contributed by atoms with van der Waals surface area (Å²) in [5.41, 5.74) is 1.00. The minimum Gasteiger partial charge on any atom is -0.380 e. The maximum Gasteiger partial charge on any atom is 0.250 e. The molecule has 1 fully saturated rings. The summed E-state index contributed by atoms with van der Waals surface area (Å²) in [7, 11) is -3.39. The summed E-state index contributed by atoms with van der Waals surface area (Å²) >= 11 is 1.26. The Kier molecular flexibility index (Phi) is 4.74. The molecule has 2 rings (SSSR count). The van der Waals surface area contributed by atoms with E-state index in [9.17, 15) is 8.42 Å². The first kappa shape index (κ1) is 14.0. The molecule has 7 heteroatoms. The molecular weight excluding hydrogens is 272 g/mol. The molecule has 1 atom stereocenters. The third kappa shape index (κ3) is 3.52. The fourth-order valence-electron chi connectivity index (χ4n) is 1.76. The van der Waals surface area contributed by atoms with Gasteiger partial charge < -0.3 is 10.1 Å². The molecule has 1 saturated heterocycles. The van der Waals surface area contributed by atoms with Crippen LogP contribution in [-0.4, -0.2) is 34.2 Å². The Morgan fingerprint density at radius 2 is 2.39 bits per heavy atom. The van der Waals surface area contributed by atoms with Crippen LogP contribution in [0, 0.1) is 0 Å². The zero-order valence-electron chi connectivity index (χ0n) is 10.3. The van der Waals surface area contributed by atoms with Gasteiger partial charge in [-0.05, 0) is 30.0 Å². The summed E-state index contributed by atoms with van der Waals surface area (Å²) in [5.74, 6) is 0.